The van der Waals surface area contributed by atoms with Gasteiger partial charge >= 0.3 is 0 Å². The van der Waals surface area contributed by atoms with Crippen LogP contribution in [0.1, 0.15) is 12.6 Å². The van der Waals surface area contributed by atoms with Gasteiger partial charge in [-0.1, -0.05) is 18.2 Å². The number of aliphatic imine (C=N–C) groups is 1. The Morgan fingerprint density at radius 1 is 1.28 bits per heavy atom. The van der Waals surface area contributed by atoms with Crippen molar-refractivity contribution in [3.63, 3.8) is 0 Å². The number of hydrogen-bond donors (Lipinski definition) is 3. The zero-order chi connectivity index (χ0) is 17.4. The highest BCUT2D eigenvalue weighted by Gasteiger charge is 2.07. The predicted octanol–water partition coefficient (Wildman–Crippen LogP) is 1.30. The topological polar surface area (TPSA) is 123 Å². The van der Waals surface area contributed by atoms with Crippen molar-refractivity contribution in [1.82, 2.24) is 15.6 Å². The third kappa shape index (κ3) is 7.84. The maximum atomic E-state index is 10.9. The molecule has 0 aliphatic carbocycles. The van der Waals surface area contributed by atoms with Crippen molar-refractivity contribution in [2.75, 3.05) is 18.8 Å². The van der Waals surface area contributed by atoms with Crippen molar-refractivity contribution in [2.24, 2.45) is 10.1 Å². The Morgan fingerprint density at radius 2 is 2.00 bits per heavy atom. The molecule has 0 fully saturated rings. The van der Waals surface area contributed by atoms with E-state index in [0.29, 0.717) is 30.6 Å². The van der Waals surface area contributed by atoms with E-state index in [1.807, 2.05) is 37.3 Å². The summed E-state index contributed by atoms with van der Waals surface area (Å²) in [6, 6.07) is 9.58. The molecule has 2 rings (SSSR count). The summed E-state index contributed by atoms with van der Waals surface area (Å²) in [4.78, 5) is 8.73. The Kier molecular flexibility index (Phi) is 8.86. The molecule has 2 aromatic rings. The van der Waals surface area contributed by atoms with Crippen LogP contribution in [0.5, 0.6) is 0 Å². The van der Waals surface area contributed by atoms with Crippen molar-refractivity contribution in [1.29, 1.82) is 0 Å². The van der Waals surface area contributed by atoms with E-state index in [2.05, 4.69) is 20.6 Å². The molecule has 0 bridgehead atoms. The number of benzene rings is 1. The Balaban J connectivity index is 0.00000312. The van der Waals surface area contributed by atoms with Gasteiger partial charge in [0.1, 0.15) is 12.0 Å². The highest BCUT2D eigenvalue weighted by atomic mass is 127. The number of aromatic nitrogens is 1. The fourth-order valence-corrected chi connectivity index (χ4v) is 2.29. The summed E-state index contributed by atoms with van der Waals surface area (Å²) in [5.74, 6) is 0.859. The lowest BCUT2D eigenvalue weighted by Gasteiger charge is -2.10. The second-order valence-corrected chi connectivity index (χ2v) is 6.73. The molecule has 10 heteroatoms. The lowest BCUT2D eigenvalue weighted by molar-refractivity contribution is 0.572. The fraction of sp³-hybridized carbons (Fsp3) is 0.333. The van der Waals surface area contributed by atoms with Crippen LogP contribution in [0, 0.1) is 0 Å². The number of halogens is 1. The van der Waals surface area contributed by atoms with Gasteiger partial charge in [0.2, 0.25) is 15.9 Å². The first-order valence-corrected chi connectivity index (χ1v) is 9.22. The van der Waals surface area contributed by atoms with Gasteiger partial charge in [-0.05, 0) is 19.1 Å². The van der Waals surface area contributed by atoms with E-state index >= 15 is 0 Å². The van der Waals surface area contributed by atoms with Gasteiger partial charge in [0.05, 0.1) is 12.3 Å². The molecular weight excluding hydrogens is 457 g/mol. The van der Waals surface area contributed by atoms with Gasteiger partial charge in [0, 0.05) is 18.7 Å². The van der Waals surface area contributed by atoms with Crippen molar-refractivity contribution in [3.8, 4) is 11.5 Å². The third-order valence-electron chi connectivity index (χ3n) is 2.99. The Hall–Kier alpha value is -1.66. The average Bonchev–Trinajstić information content (AvgIpc) is 3.01. The van der Waals surface area contributed by atoms with Crippen molar-refractivity contribution in [2.45, 2.75) is 13.5 Å². The molecule has 0 saturated heterocycles. The first kappa shape index (κ1) is 21.4. The van der Waals surface area contributed by atoms with Crippen molar-refractivity contribution in [3.05, 3.63) is 42.3 Å². The predicted molar refractivity (Wildman–Crippen MR) is 108 cm³/mol. The minimum atomic E-state index is -3.50. The lowest BCUT2D eigenvalue weighted by atomic mass is 10.2. The molecule has 0 amide bonds. The number of oxazole rings is 1. The number of nitrogens with zero attached hydrogens (tertiary/aromatic N) is 2. The standard InChI is InChI=1S/C15H21N5O3S.HI/c1-2-17-15(18-8-9-24(16,21)22)19-10-13-11-23-14(20-13)12-6-4-3-5-7-12;/h3-7,11H,2,8-10H2,1H3,(H2,16,21,22)(H2,17,18,19);1H. The van der Waals surface area contributed by atoms with E-state index in [0.717, 1.165) is 5.56 Å². The quantitative estimate of drug-likeness (QED) is 0.313. The smallest absolute Gasteiger partial charge is 0.226 e. The number of hydrogen-bond acceptors (Lipinski definition) is 5. The summed E-state index contributed by atoms with van der Waals surface area (Å²) in [7, 11) is -3.50. The van der Waals surface area contributed by atoms with Crippen LogP contribution in [-0.2, 0) is 16.6 Å². The molecule has 1 aromatic carbocycles. The maximum Gasteiger partial charge on any atom is 0.226 e. The van der Waals surface area contributed by atoms with E-state index in [1.54, 1.807) is 6.26 Å². The first-order valence-electron chi connectivity index (χ1n) is 7.50. The van der Waals surface area contributed by atoms with Crippen LogP contribution in [-0.4, -0.2) is 38.2 Å². The van der Waals surface area contributed by atoms with Gasteiger partial charge in [-0.3, -0.25) is 0 Å². The van der Waals surface area contributed by atoms with E-state index in [-0.39, 0.29) is 36.3 Å². The van der Waals surface area contributed by atoms with Crippen LogP contribution in [0.4, 0.5) is 0 Å². The number of nitrogens with two attached hydrogens (primary N) is 1. The Bertz CT molecular complexity index is 777. The summed E-state index contributed by atoms with van der Waals surface area (Å²) >= 11 is 0. The zero-order valence-electron chi connectivity index (χ0n) is 13.8. The van der Waals surface area contributed by atoms with Gasteiger partial charge in [0.25, 0.3) is 0 Å². The number of sulfonamides is 1. The molecule has 1 heterocycles. The molecule has 0 radical (unpaired) electrons. The fourth-order valence-electron chi connectivity index (χ4n) is 1.91. The SMILES string of the molecule is CCNC(=NCc1coc(-c2ccccc2)n1)NCCS(N)(=O)=O.I. The van der Waals surface area contributed by atoms with Crippen molar-refractivity contribution >= 4 is 40.0 Å². The largest absolute Gasteiger partial charge is 0.444 e. The molecule has 0 aliphatic rings. The van der Waals surface area contributed by atoms with Crippen LogP contribution >= 0.6 is 24.0 Å². The van der Waals surface area contributed by atoms with Crippen LogP contribution in [0.2, 0.25) is 0 Å². The number of rotatable bonds is 7. The molecule has 0 atom stereocenters. The number of nitrogens with one attached hydrogen (secondary N) is 2. The van der Waals surface area contributed by atoms with E-state index in [9.17, 15) is 8.42 Å². The van der Waals surface area contributed by atoms with Gasteiger partial charge in [-0.25, -0.2) is 23.5 Å². The highest BCUT2D eigenvalue weighted by Crippen LogP contribution is 2.18. The Morgan fingerprint density at radius 3 is 2.64 bits per heavy atom. The lowest BCUT2D eigenvalue weighted by Crippen LogP contribution is -2.40. The minimum Gasteiger partial charge on any atom is -0.444 e. The Labute approximate surface area is 164 Å². The molecule has 25 heavy (non-hydrogen) atoms. The van der Waals surface area contributed by atoms with E-state index in [1.165, 1.54) is 0 Å². The van der Waals surface area contributed by atoms with Crippen molar-refractivity contribution < 1.29 is 12.8 Å². The average molecular weight is 479 g/mol. The van der Waals surface area contributed by atoms with Crippen LogP contribution in [0.25, 0.3) is 11.5 Å². The molecule has 4 N–H and O–H groups in total. The second kappa shape index (κ2) is 10.4. The van der Waals surface area contributed by atoms with Gasteiger partial charge in [-0.2, -0.15) is 0 Å². The number of primary sulfonamides is 1. The van der Waals surface area contributed by atoms with Crippen LogP contribution < -0.4 is 15.8 Å². The minimum absolute atomic E-state index is 0. The summed E-state index contributed by atoms with van der Waals surface area (Å²) in [5, 5.41) is 10.9. The third-order valence-corrected chi connectivity index (χ3v) is 3.77. The molecular formula is C15H22IN5O3S. The first-order chi connectivity index (χ1) is 11.5. The zero-order valence-corrected chi connectivity index (χ0v) is 17.0. The molecule has 0 saturated carbocycles. The van der Waals surface area contributed by atoms with E-state index < -0.39 is 10.0 Å². The molecule has 0 aliphatic heterocycles. The molecule has 0 unspecified atom stereocenters. The normalized spacial score (nSPS) is 11.7. The van der Waals surface area contributed by atoms with Gasteiger partial charge in [-0.15, -0.1) is 24.0 Å². The number of guanidine groups is 1. The summed E-state index contributed by atoms with van der Waals surface area (Å²) in [6.07, 6.45) is 1.56. The summed E-state index contributed by atoms with van der Waals surface area (Å²) < 4.78 is 27.3. The van der Waals surface area contributed by atoms with E-state index in [4.69, 9.17) is 9.56 Å². The monoisotopic (exact) mass is 479 g/mol. The second-order valence-electron chi connectivity index (χ2n) is 5.00. The van der Waals surface area contributed by atoms with Gasteiger partial charge < -0.3 is 15.1 Å². The maximum absolute atomic E-state index is 10.9. The van der Waals surface area contributed by atoms with Crippen LogP contribution in [0.15, 0.2) is 46.0 Å². The highest BCUT2D eigenvalue weighted by molar-refractivity contribution is 14.0. The molecule has 138 valence electrons. The summed E-state index contributed by atoms with van der Waals surface area (Å²) in [5.41, 5.74) is 1.57. The van der Waals surface area contributed by atoms with Crippen LogP contribution in [0.3, 0.4) is 0 Å². The molecule has 8 nitrogen and oxygen atoms in total. The van der Waals surface area contributed by atoms with Gasteiger partial charge in [0.15, 0.2) is 5.96 Å². The molecule has 0 spiro atoms. The molecule has 1 aromatic heterocycles. The summed E-state index contributed by atoms with van der Waals surface area (Å²) in [6.45, 7) is 3.05.